The summed E-state index contributed by atoms with van der Waals surface area (Å²) in [5.41, 5.74) is 1.49. The molecule has 21 heavy (non-hydrogen) atoms. The van der Waals surface area contributed by atoms with Gasteiger partial charge in [-0.1, -0.05) is 6.07 Å². The van der Waals surface area contributed by atoms with Gasteiger partial charge in [0, 0.05) is 7.05 Å². The third-order valence-electron chi connectivity index (χ3n) is 3.63. The summed E-state index contributed by atoms with van der Waals surface area (Å²) in [5, 5.41) is 17.3. The highest BCUT2D eigenvalue weighted by Crippen LogP contribution is 2.26. The zero-order valence-electron chi connectivity index (χ0n) is 12.0. The largest absolute Gasteiger partial charge is 0.478 e. The second-order valence-corrected chi connectivity index (χ2v) is 4.98. The van der Waals surface area contributed by atoms with Crippen molar-refractivity contribution in [2.24, 2.45) is 7.05 Å². The lowest BCUT2D eigenvalue weighted by atomic mass is 10.2. The van der Waals surface area contributed by atoms with Gasteiger partial charge in [-0.15, -0.1) is 10.2 Å². The molecule has 2 aromatic heterocycles. The number of carboxylic acids is 1. The van der Waals surface area contributed by atoms with Gasteiger partial charge in [0.25, 0.3) is 0 Å². The van der Waals surface area contributed by atoms with E-state index in [0.29, 0.717) is 5.52 Å². The molecule has 0 bridgehead atoms. The molecule has 1 aromatic carbocycles. The van der Waals surface area contributed by atoms with Gasteiger partial charge in [-0.05, 0) is 26.0 Å². The highest BCUT2D eigenvalue weighted by molar-refractivity contribution is 6.01. The Morgan fingerprint density at radius 3 is 2.76 bits per heavy atom. The second kappa shape index (κ2) is 4.69. The fourth-order valence-electron chi connectivity index (χ4n) is 2.68. The van der Waals surface area contributed by atoms with E-state index in [1.165, 1.54) is 0 Å². The summed E-state index contributed by atoms with van der Waals surface area (Å²) >= 11 is 0. The van der Waals surface area contributed by atoms with E-state index in [-0.39, 0.29) is 11.6 Å². The Bertz CT molecular complexity index is 833. The van der Waals surface area contributed by atoms with E-state index in [4.69, 9.17) is 0 Å². The quantitative estimate of drug-likeness (QED) is 0.792. The fourth-order valence-corrected chi connectivity index (χ4v) is 2.68. The van der Waals surface area contributed by atoms with Crippen molar-refractivity contribution in [1.82, 2.24) is 24.3 Å². The summed E-state index contributed by atoms with van der Waals surface area (Å²) in [4.78, 5) is 15.7. The lowest BCUT2D eigenvalue weighted by molar-refractivity contribution is 0.0699. The molecule has 0 saturated carbocycles. The number of hydrogen-bond donors (Lipinski definition) is 1. The molecule has 108 valence electrons. The van der Waals surface area contributed by atoms with Crippen LogP contribution in [0.25, 0.3) is 11.0 Å². The SMILES string of the molecule is Cc1nc2c(C(=O)O)cccc2n1C(C)c1nncn1C. The highest BCUT2D eigenvalue weighted by Gasteiger charge is 2.21. The number of imidazole rings is 1. The molecule has 1 unspecified atom stereocenters. The first-order valence-electron chi connectivity index (χ1n) is 6.55. The lowest BCUT2D eigenvalue weighted by Gasteiger charge is -2.15. The van der Waals surface area contributed by atoms with Crippen molar-refractivity contribution in [3.8, 4) is 0 Å². The Balaban J connectivity index is 2.24. The maximum atomic E-state index is 11.3. The lowest BCUT2D eigenvalue weighted by Crippen LogP contribution is -2.13. The minimum atomic E-state index is -0.975. The van der Waals surface area contributed by atoms with Crippen LogP contribution >= 0.6 is 0 Å². The summed E-state index contributed by atoms with van der Waals surface area (Å²) in [6.07, 6.45) is 1.64. The van der Waals surface area contributed by atoms with E-state index < -0.39 is 5.97 Å². The Morgan fingerprint density at radius 2 is 2.14 bits per heavy atom. The second-order valence-electron chi connectivity index (χ2n) is 4.98. The van der Waals surface area contributed by atoms with Crippen molar-refractivity contribution in [1.29, 1.82) is 0 Å². The molecule has 3 rings (SSSR count). The maximum absolute atomic E-state index is 11.3. The van der Waals surface area contributed by atoms with Gasteiger partial charge < -0.3 is 14.2 Å². The number of rotatable bonds is 3. The van der Waals surface area contributed by atoms with E-state index in [2.05, 4.69) is 15.2 Å². The first kappa shape index (κ1) is 13.3. The smallest absolute Gasteiger partial charge is 0.337 e. The van der Waals surface area contributed by atoms with Crippen LogP contribution in [0.3, 0.4) is 0 Å². The average molecular weight is 285 g/mol. The zero-order chi connectivity index (χ0) is 15.1. The van der Waals surface area contributed by atoms with Gasteiger partial charge in [0.1, 0.15) is 17.7 Å². The molecule has 1 N–H and O–H groups in total. The first-order valence-corrected chi connectivity index (χ1v) is 6.55. The van der Waals surface area contributed by atoms with E-state index in [1.54, 1.807) is 18.5 Å². The number of para-hydroxylation sites is 1. The topological polar surface area (TPSA) is 85.8 Å². The van der Waals surface area contributed by atoms with Crippen LogP contribution in [0.4, 0.5) is 0 Å². The minimum Gasteiger partial charge on any atom is -0.478 e. The Labute approximate surface area is 120 Å². The number of nitrogens with zero attached hydrogens (tertiary/aromatic N) is 5. The predicted octanol–water partition coefficient (Wildman–Crippen LogP) is 1.78. The van der Waals surface area contributed by atoms with E-state index in [0.717, 1.165) is 17.2 Å². The Hall–Kier alpha value is -2.70. The van der Waals surface area contributed by atoms with Crippen molar-refractivity contribution >= 4 is 17.0 Å². The number of aromatic nitrogens is 5. The standard InChI is InChI=1S/C14H15N5O2/c1-8(13-17-15-7-18(13)3)19-9(2)16-12-10(14(20)21)5-4-6-11(12)19/h4-8H,1-3H3,(H,20,21). The van der Waals surface area contributed by atoms with Crippen molar-refractivity contribution in [3.63, 3.8) is 0 Å². The molecule has 0 aliphatic carbocycles. The number of fused-ring (bicyclic) bond motifs is 1. The minimum absolute atomic E-state index is 0.0912. The normalized spacial score (nSPS) is 12.7. The molecule has 2 heterocycles. The van der Waals surface area contributed by atoms with Gasteiger partial charge >= 0.3 is 5.97 Å². The molecule has 0 fully saturated rings. The molecule has 0 aliphatic heterocycles. The van der Waals surface area contributed by atoms with Crippen LogP contribution in [0.15, 0.2) is 24.5 Å². The van der Waals surface area contributed by atoms with Gasteiger partial charge in [0.2, 0.25) is 0 Å². The van der Waals surface area contributed by atoms with Gasteiger partial charge in [-0.25, -0.2) is 9.78 Å². The molecule has 7 heteroatoms. The summed E-state index contributed by atoms with van der Waals surface area (Å²) in [5.74, 6) is 0.559. The fraction of sp³-hybridized carbons (Fsp3) is 0.286. The van der Waals surface area contributed by atoms with Crippen molar-refractivity contribution < 1.29 is 9.90 Å². The molecule has 1 atom stereocenters. The van der Waals surface area contributed by atoms with Crippen molar-refractivity contribution in [2.75, 3.05) is 0 Å². The number of benzene rings is 1. The van der Waals surface area contributed by atoms with Crippen molar-refractivity contribution in [2.45, 2.75) is 19.9 Å². The van der Waals surface area contributed by atoms with Crippen LogP contribution in [-0.4, -0.2) is 35.4 Å². The van der Waals surface area contributed by atoms with E-state index in [1.807, 2.05) is 36.1 Å². The number of carboxylic acid groups (broad SMARTS) is 1. The van der Waals surface area contributed by atoms with Gasteiger partial charge in [-0.3, -0.25) is 0 Å². The summed E-state index contributed by atoms with van der Waals surface area (Å²) < 4.78 is 3.82. The van der Waals surface area contributed by atoms with Crippen molar-refractivity contribution in [3.05, 3.63) is 41.7 Å². The van der Waals surface area contributed by atoms with Crippen LogP contribution in [0, 0.1) is 6.92 Å². The first-order chi connectivity index (χ1) is 10.0. The van der Waals surface area contributed by atoms with Gasteiger partial charge in [-0.2, -0.15) is 0 Å². The molecule has 3 aromatic rings. The van der Waals surface area contributed by atoms with E-state index >= 15 is 0 Å². The molecule has 0 spiro atoms. The molecule has 0 saturated heterocycles. The third-order valence-corrected chi connectivity index (χ3v) is 3.63. The molecule has 7 nitrogen and oxygen atoms in total. The summed E-state index contributed by atoms with van der Waals surface area (Å²) in [6, 6.07) is 5.07. The molecule has 0 aliphatic rings. The predicted molar refractivity (Wildman–Crippen MR) is 76.2 cm³/mol. The molecular weight excluding hydrogens is 270 g/mol. The average Bonchev–Trinajstić information content (AvgIpc) is 2.99. The monoisotopic (exact) mass is 285 g/mol. The van der Waals surface area contributed by atoms with Crippen LogP contribution in [0.2, 0.25) is 0 Å². The van der Waals surface area contributed by atoms with Gasteiger partial charge in [0.15, 0.2) is 5.82 Å². The van der Waals surface area contributed by atoms with Gasteiger partial charge in [0.05, 0.1) is 17.1 Å². The number of hydrogen-bond acceptors (Lipinski definition) is 4. The van der Waals surface area contributed by atoms with Crippen LogP contribution in [0.5, 0.6) is 0 Å². The van der Waals surface area contributed by atoms with E-state index in [9.17, 15) is 9.90 Å². The number of carbonyl (C=O) groups is 1. The Morgan fingerprint density at radius 1 is 1.38 bits per heavy atom. The zero-order valence-corrected chi connectivity index (χ0v) is 12.0. The highest BCUT2D eigenvalue weighted by atomic mass is 16.4. The molecule has 0 amide bonds. The van der Waals surface area contributed by atoms with Crippen LogP contribution in [-0.2, 0) is 7.05 Å². The molecule has 0 radical (unpaired) electrons. The van der Waals surface area contributed by atoms with Crippen LogP contribution in [0.1, 0.15) is 35.0 Å². The number of aromatic carboxylic acids is 1. The Kier molecular flexibility index (Phi) is 2.97. The summed E-state index contributed by atoms with van der Waals surface area (Å²) in [7, 11) is 1.88. The maximum Gasteiger partial charge on any atom is 0.337 e. The number of aryl methyl sites for hydroxylation is 2. The van der Waals surface area contributed by atoms with Crippen LogP contribution < -0.4 is 0 Å². The summed E-state index contributed by atoms with van der Waals surface area (Å²) in [6.45, 7) is 3.85. The third kappa shape index (κ3) is 1.97. The molecular formula is C14H15N5O2.